The Morgan fingerprint density at radius 3 is 2.71 bits per heavy atom. The van der Waals surface area contributed by atoms with Gasteiger partial charge in [0.1, 0.15) is 5.82 Å². The number of amides is 1. The molecule has 1 heterocycles. The smallest absolute Gasteiger partial charge is 0.248 e. The second-order valence-electron chi connectivity index (χ2n) is 5.80. The van der Waals surface area contributed by atoms with E-state index in [1.807, 2.05) is 31.2 Å². The van der Waals surface area contributed by atoms with E-state index in [0.29, 0.717) is 28.8 Å². The van der Waals surface area contributed by atoms with Crippen LogP contribution < -0.4 is 14.8 Å². The summed E-state index contributed by atoms with van der Waals surface area (Å²) in [4.78, 5) is 19.4. The fourth-order valence-corrected chi connectivity index (χ4v) is 2.93. The highest BCUT2D eigenvalue weighted by atomic mass is 35.5. The summed E-state index contributed by atoms with van der Waals surface area (Å²) >= 11 is 6.23. The van der Waals surface area contributed by atoms with Crippen molar-refractivity contribution in [1.82, 2.24) is 9.97 Å². The number of methoxy groups -OCH3 is 1. The third kappa shape index (κ3) is 4.72. The number of carbonyl (C=O) groups is 1. The maximum Gasteiger partial charge on any atom is 0.248 e. The van der Waals surface area contributed by atoms with E-state index in [0.717, 1.165) is 17.0 Å². The Balaban J connectivity index is 1.68. The van der Waals surface area contributed by atoms with Gasteiger partial charge < -0.3 is 19.8 Å². The van der Waals surface area contributed by atoms with E-state index in [1.165, 1.54) is 13.2 Å². The van der Waals surface area contributed by atoms with E-state index < -0.39 is 0 Å². The molecule has 0 fully saturated rings. The van der Waals surface area contributed by atoms with Crippen LogP contribution in [0.4, 0.5) is 5.69 Å². The van der Waals surface area contributed by atoms with Gasteiger partial charge in [-0.25, -0.2) is 4.98 Å². The minimum absolute atomic E-state index is 0.254. The molecule has 28 heavy (non-hydrogen) atoms. The van der Waals surface area contributed by atoms with E-state index >= 15 is 0 Å². The number of anilines is 1. The van der Waals surface area contributed by atoms with Gasteiger partial charge in [0.15, 0.2) is 11.5 Å². The molecule has 0 saturated heterocycles. The number of nitrogens with one attached hydrogen (secondary N) is 2. The molecular formula is C21H20ClN3O3. The lowest BCUT2D eigenvalue weighted by Gasteiger charge is -2.11. The zero-order chi connectivity index (χ0) is 19.9. The van der Waals surface area contributed by atoms with Crippen LogP contribution in [0.25, 0.3) is 17.5 Å². The van der Waals surface area contributed by atoms with Crippen LogP contribution in [0.2, 0.25) is 5.02 Å². The third-order valence-electron chi connectivity index (χ3n) is 3.89. The first-order valence-electron chi connectivity index (χ1n) is 8.70. The van der Waals surface area contributed by atoms with Crippen LogP contribution in [0, 0.1) is 0 Å². The minimum atomic E-state index is -0.254. The monoisotopic (exact) mass is 397 g/mol. The quantitative estimate of drug-likeness (QED) is 0.562. The SMILES string of the molecule is CCOc1cc(C=CC(=O)Nc2ccc(-c3ncc[nH]3)cc2)cc(Cl)c1OC. The number of benzene rings is 2. The Kier molecular flexibility index (Phi) is 6.34. The van der Waals surface area contributed by atoms with Crippen LogP contribution in [0.1, 0.15) is 12.5 Å². The molecule has 0 radical (unpaired) electrons. The number of rotatable bonds is 7. The van der Waals surface area contributed by atoms with Gasteiger partial charge in [-0.1, -0.05) is 11.6 Å². The molecule has 0 saturated carbocycles. The normalized spacial score (nSPS) is 10.8. The maximum atomic E-state index is 12.2. The van der Waals surface area contributed by atoms with Gasteiger partial charge in [0.2, 0.25) is 5.91 Å². The molecule has 0 aliphatic rings. The lowest BCUT2D eigenvalue weighted by atomic mass is 10.1. The van der Waals surface area contributed by atoms with Gasteiger partial charge in [0, 0.05) is 29.7 Å². The highest BCUT2D eigenvalue weighted by molar-refractivity contribution is 6.32. The molecule has 3 aromatic rings. The first-order valence-corrected chi connectivity index (χ1v) is 9.07. The molecule has 1 aromatic heterocycles. The van der Waals surface area contributed by atoms with E-state index in [4.69, 9.17) is 21.1 Å². The standard InChI is InChI=1S/C21H20ClN3O3/c1-3-28-18-13-14(12-17(22)20(18)27-2)4-9-19(26)25-16-7-5-15(6-8-16)21-23-10-11-24-21/h4-13H,3H2,1-2H3,(H,23,24)(H,25,26). The van der Waals surface area contributed by atoms with Gasteiger partial charge in [0.05, 0.1) is 18.7 Å². The van der Waals surface area contributed by atoms with E-state index in [9.17, 15) is 4.79 Å². The van der Waals surface area contributed by atoms with Gasteiger partial charge in [-0.15, -0.1) is 0 Å². The average molecular weight is 398 g/mol. The number of aromatic nitrogens is 2. The number of aromatic amines is 1. The summed E-state index contributed by atoms with van der Waals surface area (Å²) < 4.78 is 10.8. The average Bonchev–Trinajstić information content (AvgIpc) is 3.22. The van der Waals surface area contributed by atoms with Crippen molar-refractivity contribution in [2.75, 3.05) is 19.0 Å². The fraction of sp³-hybridized carbons (Fsp3) is 0.143. The van der Waals surface area contributed by atoms with Crippen LogP contribution in [-0.2, 0) is 4.79 Å². The van der Waals surface area contributed by atoms with Gasteiger partial charge in [-0.2, -0.15) is 0 Å². The van der Waals surface area contributed by atoms with Gasteiger partial charge in [0.25, 0.3) is 0 Å². The van der Waals surface area contributed by atoms with Gasteiger partial charge in [-0.05, 0) is 55.0 Å². The molecule has 2 N–H and O–H groups in total. The number of hydrogen-bond donors (Lipinski definition) is 2. The number of H-pyrrole nitrogens is 1. The molecule has 0 atom stereocenters. The molecule has 7 heteroatoms. The van der Waals surface area contributed by atoms with Crippen LogP contribution in [0.15, 0.2) is 54.9 Å². The largest absolute Gasteiger partial charge is 0.491 e. The highest BCUT2D eigenvalue weighted by Gasteiger charge is 2.10. The van der Waals surface area contributed by atoms with E-state index in [1.54, 1.807) is 30.6 Å². The Morgan fingerprint density at radius 1 is 1.29 bits per heavy atom. The van der Waals surface area contributed by atoms with Gasteiger partial charge >= 0.3 is 0 Å². The number of nitrogens with zero attached hydrogens (tertiary/aromatic N) is 1. The second-order valence-corrected chi connectivity index (χ2v) is 6.21. The summed E-state index contributed by atoms with van der Waals surface area (Å²) in [6.07, 6.45) is 6.56. The van der Waals surface area contributed by atoms with E-state index in [2.05, 4.69) is 15.3 Å². The fourth-order valence-electron chi connectivity index (χ4n) is 2.64. The van der Waals surface area contributed by atoms with Crippen molar-refractivity contribution in [3.05, 3.63) is 65.5 Å². The number of ether oxygens (including phenoxy) is 2. The summed E-state index contributed by atoms with van der Waals surface area (Å²) in [5, 5.41) is 3.23. The first kappa shape index (κ1) is 19.5. The number of halogens is 1. The summed E-state index contributed by atoms with van der Waals surface area (Å²) in [6.45, 7) is 2.36. The predicted octanol–water partition coefficient (Wildman–Crippen LogP) is 4.79. The summed E-state index contributed by atoms with van der Waals surface area (Å²) in [7, 11) is 1.53. The van der Waals surface area contributed by atoms with Crippen molar-refractivity contribution in [1.29, 1.82) is 0 Å². The van der Waals surface area contributed by atoms with Gasteiger partial charge in [-0.3, -0.25) is 4.79 Å². The van der Waals surface area contributed by atoms with E-state index in [-0.39, 0.29) is 5.91 Å². The molecular weight excluding hydrogens is 378 g/mol. The molecule has 0 unspecified atom stereocenters. The molecule has 144 valence electrons. The molecule has 0 aliphatic carbocycles. The Morgan fingerprint density at radius 2 is 2.07 bits per heavy atom. The molecule has 1 amide bonds. The summed E-state index contributed by atoms with van der Waals surface area (Å²) in [6, 6.07) is 10.9. The zero-order valence-electron chi connectivity index (χ0n) is 15.5. The zero-order valence-corrected chi connectivity index (χ0v) is 16.3. The van der Waals surface area contributed by atoms with Crippen molar-refractivity contribution in [3.63, 3.8) is 0 Å². The predicted molar refractivity (Wildman–Crippen MR) is 111 cm³/mol. The molecule has 0 aliphatic heterocycles. The van der Waals surface area contributed by atoms with Crippen molar-refractivity contribution in [2.45, 2.75) is 6.92 Å². The summed E-state index contributed by atoms with van der Waals surface area (Å²) in [5.41, 5.74) is 2.36. The topological polar surface area (TPSA) is 76.2 Å². The molecule has 0 spiro atoms. The number of imidazole rings is 1. The number of hydrogen-bond acceptors (Lipinski definition) is 4. The van der Waals surface area contributed by atoms with Crippen molar-refractivity contribution in [2.24, 2.45) is 0 Å². The van der Waals surface area contributed by atoms with Crippen LogP contribution in [0.5, 0.6) is 11.5 Å². The molecule has 6 nitrogen and oxygen atoms in total. The van der Waals surface area contributed by atoms with Crippen LogP contribution in [-0.4, -0.2) is 29.6 Å². The van der Waals surface area contributed by atoms with Crippen molar-refractivity contribution in [3.8, 4) is 22.9 Å². The molecule has 3 rings (SSSR count). The molecule has 0 bridgehead atoms. The Hall–Kier alpha value is -3.25. The summed E-state index contributed by atoms with van der Waals surface area (Å²) in [5.74, 6) is 1.53. The first-order chi connectivity index (χ1) is 13.6. The Labute approximate surface area is 168 Å². The maximum absolute atomic E-state index is 12.2. The molecule has 2 aromatic carbocycles. The minimum Gasteiger partial charge on any atom is -0.491 e. The lowest BCUT2D eigenvalue weighted by molar-refractivity contribution is -0.111. The van der Waals surface area contributed by atoms with Crippen molar-refractivity contribution < 1.29 is 14.3 Å². The Bertz CT molecular complexity index is 967. The van der Waals surface area contributed by atoms with Crippen LogP contribution in [0.3, 0.4) is 0 Å². The number of carbonyl (C=O) groups excluding carboxylic acids is 1. The highest BCUT2D eigenvalue weighted by Crippen LogP contribution is 2.36. The van der Waals surface area contributed by atoms with Crippen molar-refractivity contribution >= 4 is 29.3 Å². The van der Waals surface area contributed by atoms with Crippen LogP contribution >= 0.6 is 11.6 Å². The lowest BCUT2D eigenvalue weighted by Crippen LogP contribution is -2.07. The third-order valence-corrected chi connectivity index (χ3v) is 4.17. The second kappa shape index (κ2) is 9.10.